The van der Waals surface area contributed by atoms with Gasteiger partial charge in [0.15, 0.2) is 0 Å². The van der Waals surface area contributed by atoms with Crippen LogP contribution in [0.3, 0.4) is 0 Å². The minimum absolute atomic E-state index is 0.429. The molecule has 1 rings (SSSR count). The Morgan fingerprint density at radius 3 is 2.21 bits per heavy atom. The second-order valence-corrected chi connectivity index (χ2v) is 11.4. The summed E-state index contributed by atoms with van der Waals surface area (Å²) in [6, 6.07) is 9.11. The van der Waals surface area contributed by atoms with Gasteiger partial charge < -0.3 is 0 Å². The molecule has 0 spiro atoms. The van der Waals surface area contributed by atoms with E-state index in [1.165, 1.54) is 20.9 Å². The Labute approximate surface area is 202 Å². The molecule has 1 aromatic rings. The van der Waals surface area contributed by atoms with Crippen LogP contribution >= 0.6 is 73.2 Å². The molecule has 0 saturated heterocycles. The highest BCUT2D eigenvalue weighted by molar-refractivity contribution is 8.03. The van der Waals surface area contributed by atoms with E-state index in [2.05, 4.69) is 88.7 Å². The molecule has 0 aliphatic heterocycles. The number of allylic oxidation sites excluding steroid dienone is 2. The molecule has 2 atom stereocenters. The van der Waals surface area contributed by atoms with E-state index in [0.717, 1.165) is 48.0 Å². The van der Waals surface area contributed by atoms with Crippen molar-refractivity contribution < 1.29 is 0 Å². The lowest BCUT2D eigenvalue weighted by atomic mass is 10.1. The molecule has 2 unspecified atom stereocenters. The van der Waals surface area contributed by atoms with Crippen LogP contribution in [0.5, 0.6) is 0 Å². The van der Waals surface area contributed by atoms with Crippen LogP contribution in [0, 0.1) is 0 Å². The van der Waals surface area contributed by atoms with Gasteiger partial charge in [0.2, 0.25) is 0 Å². The predicted molar refractivity (Wildman–Crippen MR) is 148 cm³/mol. The second-order valence-electron chi connectivity index (χ2n) is 6.34. The van der Waals surface area contributed by atoms with Crippen molar-refractivity contribution in [2.24, 2.45) is 0 Å². The Hall–Kier alpha value is 0.800. The molecule has 0 fully saturated rings. The Balaban J connectivity index is 2.59. The van der Waals surface area contributed by atoms with Crippen molar-refractivity contribution >= 4 is 73.2 Å². The Morgan fingerprint density at radius 2 is 1.68 bits per heavy atom. The number of benzene rings is 1. The SMILES string of the molecule is C=C(CC/C(=C\C)Sc1ccc(C(CC)SCCS)cc1)C(CS)SCCS. The molecule has 0 saturated carbocycles. The van der Waals surface area contributed by atoms with Crippen LogP contribution < -0.4 is 0 Å². The normalized spacial score (nSPS) is 14.1. The fourth-order valence-corrected chi connectivity index (χ4v) is 6.67. The van der Waals surface area contributed by atoms with Crippen LogP contribution in [0.2, 0.25) is 0 Å². The third kappa shape index (κ3) is 10.2. The van der Waals surface area contributed by atoms with Gasteiger partial charge in [-0.05, 0) is 60.3 Å². The van der Waals surface area contributed by atoms with Crippen LogP contribution in [-0.2, 0) is 0 Å². The maximum Gasteiger partial charge on any atom is 0.0342 e. The number of thioether (sulfide) groups is 3. The van der Waals surface area contributed by atoms with Gasteiger partial charge >= 0.3 is 0 Å². The van der Waals surface area contributed by atoms with Crippen molar-refractivity contribution in [2.45, 2.75) is 48.5 Å². The molecule has 158 valence electrons. The highest BCUT2D eigenvalue weighted by Gasteiger charge is 2.13. The summed E-state index contributed by atoms with van der Waals surface area (Å²) >= 11 is 18.9. The summed E-state index contributed by atoms with van der Waals surface area (Å²) < 4.78 is 0. The van der Waals surface area contributed by atoms with Crippen LogP contribution in [0.15, 0.2) is 52.3 Å². The summed E-state index contributed by atoms with van der Waals surface area (Å²) in [6.07, 6.45) is 5.46. The third-order valence-corrected chi connectivity index (χ3v) is 9.99. The molecule has 28 heavy (non-hydrogen) atoms. The Bertz CT molecular complexity index is 581. The molecule has 0 aliphatic carbocycles. The molecular formula is C22H34S6. The van der Waals surface area contributed by atoms with Gasteiger partial charge in [0.25, 0.3) is 0 Å². The first-order valence-electron chi connectivity index (χ1n) is 9.75. The third-order valence-electron chi connectivity index (χ3n) is 4.33. The van der Waals surface area contributed by atoms with Crippen molar-refractivity contribution in [1.82, 2.24) is 0 Å². The zero-order chi connectivity index (χ0) is 20.8. The first-order chi connectivity index (χ1) is 13.6. The Kier molecular flexibility index (Phi) is 15.8. The lowest BCUT2D eigenvalue weighted by Gasteiger charge is -2.18. The molecule has 0 heterocycles. The largest absolute Gasteiger partial charge is 0.179 e. The molecule has 0 N–H and O–H groups in total. The molecule has 0 amide bonds. The molecule has 1 aromatic carbocycles. The van der Waals surface area contributed by atoms with E-state index in [-0.39, 0.29) is 0 Å². The molecule has 0 aromatic heterocycles. The van der Waals surface area contributed by atoms with E-state index in [1.807, 2.05) is 35.3 Å². The van der Waals surface area contributed by atoms with Crippen LogP contribution in [0.1, 0.15) is 43.9 Å². The fourth-order valence-electron chi connectivity index (χ4n) is 2.74. The van der Waals surface area contributed by atoms with Gasteiger partial charge in [-0.15, -0.1) is 0 Å². The van der Waals surface area contributed by atoms with E-state index >= 15 is 0 Å². The summed E-state index contributed by atoms with van der Waals surface area (Å²) in [5.41, 5.74) is 2.72. The minimum atomic E-state index is 0.429. The lowest BCUT2D eigenvalue weighted by molar-refractivity contribution is 0.894. The van der Waals surface area contributed by atoms with Crippen molar-refractivity contribution in [2.75, 3.05) is 28.8 Å². The summed E-state index contributed by atoms with van der Waals surface area (Å²) in [5, 5.41) is 1.00. The van der Waals surface area contributed by atoms with E-state index in [0.29, 0.717) is 10.5 Å². The van der Waals surface area contributed by atoms with E-state index < -0.39 is 0 Å². The van der Waals surface area contributed by atoms with Crippen molar-refractivity contribution in [1.29, 1.82) is 0 Å². The first kappa shape index (κ1) is 26.8. The quantitative estimate of drug-likeness (QED) is 0.129. The molecule has 0 nitrogen and oxygen atoms in total. The molecule has 0 aliphatic rings. The molecule has 6 heteroatoms. The number of hydrogen-bond donors (Lipinski definition) is 3. The van der Waals surface area contributed by atoms with Gasteiger partial charge in [0.05, 0.1) is 0 Å². The van der Waals surface area contributed by atoms with E-state index in [1.54, 1.807) is 0 Å². The van der Waals surface area contributed by atoms with Crippen LogP contribution in [0.4, 0.5) is 0 Å². The van der Waals surface area contributed by atoms with Crippen LogP contribution in [0.25, 0.3) is 0 Å². The topological polar surface area (TPSA) is 0 Å². The van der Waals surface area contributed by atoms with Gasteiger partial charge in [-0.25, -0.2) is 0 Å². The summed E-state index contributed by atoms with van der Waals surface area (Å²) in [5.74, 6) is 4.84. The fraction of sp³-hybridized carbons (Fsp3) is 0.545. The highest BCUT2D eigenvalue weighted by Crippen LogP contribution is 2.36. The van der Waals surface area contributed by atoms with Gasteiger partial charge in [0, 0.05) is 32.7 Å². The van der Waals surface area contributed by atoms with E-state index in [9.17, 15) is 0 Å². The van der Waals surface area contributed by atoms with Gasteiger partial charge in [-0.2, -0.15) is 61.4 Å². The van der Waals surface area contributed by atoms with Crippen LogP contribution in [-0.4, -0.2) is 34.0 Å². The molecule has 0 bridgehead atoms. The molecule has 0 radical (unpaired) electrons. The zero-order valence-corrected chi connectivity index (χ0v) is 22.1. The second kappa shape index (κ2) is 16.5. The number of rotatable bonds is 15. The van der Waals surface area contributed by atoms with E-state index in [4.69, 9.17) is 0 Å². The summed E-state index contributed by atoms with van der Waals surface area (Å²) in [7, 11) is 0. The van der Waals surface area contributed by atoms with Gasteiger partial charge in [0.1, 0.15) is 0 Å². The smallest absolute Gasteiger partial charge is 0.0342 e. The van der Waals surface area contributed by atoms with Crippen molar-refractivity contribution in [3.8, 4) is 0 Å². The number of thiol groups is 3. The highest BCUT2D eigenvalue weighted by atomic mass is 32.2. The average Bonchev–Trinajstić information content (AvgIpc) is 2.73. The molecular weight excluding hydrogens is 457 g/mol. The maximum absolute atomic E-state index is 4.50. The summed E-state index contributed by atoms with van der Waals surface area (Å²) in [6.45, 7) is 8.71. The predicted octanol–water partition coefficient (Wildman–Crippen LogP) is 8.09. The summed E-state index contributed by atoms with van der Waals surface area (Å²) in [4.78, 5) is 2.72. The average molecular weight is 491 g/mol. The lowest BCUT2D eigenvalue weighted by Crippen LogP contribution is -2.09. The Morgan fingerprint density at radius 1 is 1.04 bits per heavy atom. The number of hydrogen-bond acceptors (Lipinski definition) is 6. The van der Waals surface area contributed by atoms with Gasteiger partial charge in [-0.1, -0.05) is 49.0 Å². The standard InChI is InChI=1S/C22H34S6/c1-4-19(9-6-17(3)22(16-25)27-15-13-24)28-20-10-7-18(8-11-20)21(5-2)26-14-12-23/h4,7-8,10-11,21-25H,3,5-6,9,12-16H2,1-2H3/b19-4+. The zero-order valence-electron chi connectivity index (χ0n) is 17.0. The monoisotopic (exact) mass is 490 g/mol. The first-order valence-corrected chi connectivity index (χ1v) is 14.6. The maximum atomic E-state index is 4.50. The van der Waals surface area contributed by atoms with Crippen molar-refractivity contribution in [3.63, 3.8) is 0 Å². The van der Waals surface area contributed by atoms with Crippen molar-refractivity contribution in [3.05, 3.63) is 53.0 Å². The minimum Gasteiger partial charge on any atom is -0.179 e. The van der Waals surface area contributed by atoms with Gasteiger partial charge in [-0.3, -0.25) is 0 Å².